The molecule has 2 unspecified atom stereocenters. The molecule has 5 heteroatoms. The first kappa shape index (κ1) is 12.9. The maximum absolute atomic E-state index is 11.5. The van der Waals surface area contributed by atoms with Gasteiger partial charge < -0.3 is 5.11 Å². The lowest BCUT2D eigenvalue weighted by Gasteiger charge is -2.26. The third kappa shape index (κ3) is 4.23. The van der Waals surface area contributed by atoms with Gasteiger partial charge in [-0.25, -0.2) is 10.0 Å². The minimum atomic E-state index is -0.950. The highest BCUT2D eigenvalue weighted by Crippen LogP contribution is 2.11. The molecule has 0 aliphatic heterocycles. The number of rotatable bonds is 4. The highest BCUT2D eigenvalue weighted by Gasteiger charge is 2.28. The lowest BCUT2D eigenvalue weighted by Crippen LogP contribution is -2.53. The zero-order valence-electron chi connectivity index (χ0n) is 9.37. The monoisotopic (exact) mass is 203 g/mol. The molecule has 5 nitrogen and oxygen atoms in total. The summed E-state index contributed by atoms with van der Waals surface area (Å²) < 4.78 is 0.287. The van der Waals surface area contributed by atoms with E-state index in [-0.39, 0.29) is 10.5 Å². The Labute approximate surface area is 84.3 Å². The summed E-state index contributed by atoms with van der Waals surface area (Å²) in [6.45, 7) is 3.14. The van der Waals surface area contributed by atoms with Gasteiger partial charge in [-0.2, -0.15) is 0 Å². The maximum Gasteiger partial charge on any atom is 0.307 e. The molecule has 2 atom stereocenters. The van der Waals surface area contributed by atoms with E-state index in [0.717, 1.165) is 0 Å². The van der Waals surface area contributed by atoms with Gasteiger partial charge in [0, 0.05) is 0 Å². The molecule has 1 amide bonds. The van der Waals surface area contributed by atoms with E-state index in [4.69, 9.17) is 5.11 Å². The van der Waals surface area contributed by atoms with Crippen molar-refractivity contribution in [3.63, 3.8) is 0 Å². The lowest BCUT2D eigenvalue weighted by atomic mass is 9.96. The number of quaternary nitrogens is 1. The van der Waals surface area contributed by atoms with E-state index in [9.17, 15) is 9.59 Å². The third-order valence-corrected chi connectivity index (χ3v) is 2.00. The molecule has 0 spiro atoms. The maximum atomic E-state index is 11.5. The molecule has 0 saturated carbocycles. The molecule has 0 aliphatic carbocycles. The van der Waals surface area contributed by atoms with E-state index in [1.165, 1.54) is 6.92 Å². The molecule has 0 bridgehead atoms. The van der Waals surface area contributed by atoms with Crippen LogP contribution >= 0.6 is 0 Å². The van der Waals surface area contributed by atoms with Crippen LogP contribution < -0.4 is 5.43 Å². The largest absolute Gasteiger partial charge is 0.481 e. The van der Waals surface area contributed by atoms with E-state index < -0.39 is 17.8 Å². The van der Waals surface area contributed by atoms with Gasteiger partial charge in [0.1, 0.15) is 0 Å². The number of aliphatic carboxylic acids is 1. The Morgan fingerprint density at radius 2 is 1.57 bits per heavy atom. The average Bonchev–Trinajstić information content (AvgIpc) is 1.98. The van der Waals surface area contributed by atoms with Gasteiger partial charge in [0.2, 0.25) is 0 Å². The minimum Gasteiger partial charge on any atom is -0.481 e. The van der Waals surface area contributed by atoms with Crippen LogP contribution in [-0.4, -0.2) is 42.7 Å². The number of nitrogens with zero attached hydrogens (tertiary/aromatic N) is 1. The fourth-order valence-electron chi connectivity index (χ4n) is 0.873. The number of nitrogens with one attached hydrogen (secondary N) is 1. The van der Waals surface area contributed by atoms with E-state index in [1.807, 2.05) is 0 Å². The van der Waals surface area contributed by atoms with Crippen molar-refractivity contribution in [1.82, 2.24) is 5.43 Å². The number of amides is 1. The zero-order valence-corrected chi connectivity index (χ0v) is 9.37. The van der Waals surface area contributed by atoms with Crippen molar-refractivity contribution in [2.75, 3.05) is 21.1 Å². The predicted octanol–water partition coefficient (Wildman–Crippen LogP) is 0.0806. The van der Waals surface area contributed by atoms with Gasteiger partial charge >= 0.3 is 5.97 Å². The highest BCUT2D eigenvalue weighted by molar-refractivity contribution is 5.83. The van der Waals surface area contributed by atoms with E-state index in [0.29, 0.717) is 0 Å². The highest BCUT2D eigenvalue weighted by atomic mass is 16.4. The van der Waals surface area contributed by atoms with Crippen molar-refractivity contribution in [2.45, 2.75) is 13.8 Å². The van der Waals surface area contributed by atoms with Gasteiger partial charge in [-0.05, 0) is 0 Å². The Morgan fingerprint density at radius 1 is 1.14 bits per heavy atom. The molecule has 0 heterocycles. The van der Waals surface area contributed by atoms with Crippen LogP contribution in [0.4, 0.5) is 0 Å². The second-order valence-electron chi connectivity index (χ2n) is 4.40. The summed E-state index contributed by atoms with van der Waals surface area (Å²) in [5.41, 5.74) is 2.69. The summed E-state index contributed by atoms with van der Waals surface area (Å²) >= 11 is 0. The Morgan fingerprint density at radius 3 is 1.86 bits per heavy atom. The molecule has 0 fully saturated rings. The molecular formula is C9H19N2O3+. The smallest absolute Gasteiger partial charge is 0.307 e. The fourth-order valence-corrected chi connectivity index (χ4v) is 0.873. The van der Waals surface area contributed by atoms with Crippen LogP contribution in [0.25, 0.3) is 0 Å². The van der Waals surface area contributed by atoms with Gasteiger partial charge in [0.05, 0.1) is 33.0 Å². The first-order valence-corrected chi connectivity index (χ1v) is 4.51. The molecule has 0 aromatic carbocycles. The molecule has 2 N–H and O–H groups in total. The first-order valence-electron chi connectivity index (χ1n) is 4.51. The second kappa shape index (κ2) is 4.41. The number of hydrogen-bond acceptors (Lipinski definition) is 2. The quantitative estimate of drug-likeness (QED) is 0.502. The van der Waals surface area contributed by atoms with Gasteiger partial charge in [-0.1, -0.05) is 13.8 Å². The van der Waals surface area contributed by atoms with Gasteiger partial charge in [-0.3, -0.25) is 9.59 Å². The van der Waals surface area contributed by atoms with E-state index >= 15 is 0 Å². The van der Waals surface area contributed by atoms with Crippen LogP contribution in [0.2, 0.25) is 0 Å². The van der Waals surface area contributed by atoms with Crippen molar-refractivity contribution in [3.8, 4) is 0 Å². The number of hydrogen-bond donors (Lipinski definition) is 2. The predicted molar refractivity (Wildman–Crippen MR) is 52.1 cm³/mol. The molecule has 14 heavy (non-hydrogen) atoms. The molecule has 0 aromatic heterocycles. The van der Waals surface area contributed by atoms with Crippen LogP contribution in [-0.2, 0) is 9.59 Å². The number of carboxylic acids is 1. The Bertz CT molecular complexity index is 233. The molecule has 0 aromatic rings. The van der Waals surface area contributed by atoms with Crippen molar-refractivity contribution in [2.24, 2.45) is 11.8 Å². The van der Waals surface area contributed by atoms with Crippen LogP contribution in [0.5, 0.6) is 0 Å². The summed E-state index contributed by atoms with van der Waals surface area (Å²) in [5, 5.41) is 8.71. The van der Waals surface area contributed by atoms with E-state index in [2.05, 4.69) is 5.43 Å². The molecule has 0 radical (unpaired) electrons. The van der Waals surface area contributed by atoms with Gasteiger partial charge in [0.25, 0.3) is 5.91 Å². The fraction of sp³-hybridized carbons (Fsp3) is 0.778. The van der Waals surface area contributed by atoms with Crippen LogP contribution in [0, 0.1) is 11.8 Å². The summed E-state index contributed by atoms with van der Waals surface area (Å²) in [6.07, 6.45) is 0. The molecule has 0 saturated heterocycles. The summed E-state index contributed by atoms with van der Waals surface area (Å²) in [7, 11) is 5.40. The van der Waals surface area contributed by atoms with Crippen molar-refractivity contribution in [1.29, 1.82) is 0 Å². The zero-order chi connectivity index (χ0) is 11.5. The van der Waals surface area contributed by atoms with E-state index in [1.54, 1.807) is 28.1 Å². The molecule has 0 rings (SSSR count). The Kier molecular flexibility index (Phi) is 4.07. The lowest BCUT2D eigenvalue weighted by molar-refractivity contribution is -0.906. The van der Waals surface area contributed by atoms with Crippen molar-refractivity contribution in [3.05, 3.63) is 0 Å². The standard InChI is InChI=1S/C9H18N2O3/c1-6(7(2)9(13)14)8(12)10-11(3,4)5/h6-7H,1-5H3,(H-,10,12,13,14)/p+1. The number of carbonyl (C=O) groups excluding carboxylic acids is 1. The first-order chi connectivity index (χ1) is 6.15. The number of carboxylic acid groups (broad SMARTS) is 1. The molecule has 82 valence electrons. The summed E-state index contributed by atoms with van der Waals surface area (Å²) in [6, 6.07) is 0. The Balaban J connectivity index is 4.33. The second-order valence-corrected chi connectivity index (χ2v) is 4.40. The van der Waals surface area contributed by atoms with Gasteiger partial charge in [-0.15, -0.1) is 0 Å². The van der Waals surface area contributed by atoms with Crippen LogP contribution in [0.15, 0.2) is 0 Å². The summed E-state index contributed by atoms with van der Waals surface area (Å²) in [4.78, 5) is 22.1. The normalized spacial score (nSPS) is 15.8. The average molecular weight is 203 g/mol. The Hall–Kier alpha value is -1.10. The van der Waals surface area contributed by atoms with Crippen molar-refractivity contribution >= 4 is 11.9 Å². The van der Waals surface area contributed by atoms with Crippen molar-refractivity contribution < 1.29 is 19.3 Å². The topological polar surface area (TPSA) is 66.4 Å². The molecular weight excluding hydrogens is 184 g/mol. The SMILES string of the molecule is CC(C(=O)O)C(C)C(=O)N[N+](C)(C)C. The van der Waals surface area contributed by atoms with Gasteiger partial charge in [0.15, 0.2) is 0 Å². The summed E-state index contributed by atoms with van der Waals surface area (Å²) in [5.74, 6) is -2.38. The van der Waals surface area contributed by atoms with Crippen LogP contribution in [0.1, 0.15) is 13.8 Å². The van der Waals surface area contributed by atoms with Crippen LogP contribution in [0.3, 0.4) is 0 Å². The third-order valence-electron chi connectivity index (χ3n) is 2.00. The number of carbonyl (C=O) groups is 2. The molecule has 0 aliphatic rings. The minimum absolute atomic E-state index is 0.243.